The second-order valence-electron chi connectivity index (χ2n) is 4.22. The second-order valence-corrected chi connectivity index (χ2v) is 4.22. The molecule has 0 aliphatic heterocycles. The first-order valence-corrected chi connectivity index (χ1v) is 5.97. The van der Waals surface area contributed by atoms with Crippen molar-refractivity contribution < 1.29 is 14.6 Å². The number of likely N-dealkylation sites (N-methyl/N-ethyl adjacent to an activating group) is 1. The summed E-state index contributed by atoms with van der Waals surface area (Å²) >= 11 is 0. The van der Waals surface area contributed by atoms with Crippen LogP contribution in [0.15, 0.2) is 12.1 Å². The summed E-state index contributed by atoms with van der Waals surface area (Å²) in [5, 5.41) is 9.21. The molecule has 1 rings (SSSR count). The van der Waals surface area contributed by atoms with Crippen LogP contribution in [-0.2, 0) is 4.74 Å². The third-order valence-corrected chi connectivity index (χ3v) is 2.80. The van der Waals surface area contributed by atoms with Crippen LogP contribution >= 0.6 is 0 Å². The molecule has 1 N–H and O–H groups in total. The van der Waals surface area contributed by atoms with Crippen molar-refractivity contribution in [2.24, 2.45) is 0 Å². The molecular formula is C13H20N2O3. The summed E-state index contributed by atoms with van der Waals surface area (Å²) in [4.78, 5) is 17.5. The van der Waals surface area contributed by atoms with Crippen LogP contribution in [0.3, 0.4) is 0 Å². The van der Waals surface area contributed by atoms with Gasteiger partial charge in [-0.2, -0.15) is 0 Å². The maximum absolute atomic E-state index is 11.2. The second kappa shape index (κ2) is 6.35. The fourth-order valence-corrected chi connectivity index (χ4v) is 1.93. The largest absolute Gasteiger partial charge is 0.478 e. The number of aromatic nitrogens is 1. The number of aryl methyl sites for hydroxylation is 1. The molecule has 0 aliphatic rings. The molecule has 0 aliphatic carbocycles. The summed E-state index contributed by atoms with van der Waals surface area (Å²) in [5.41, 5.74) is 1.03. The predicted octanol–water partition coefficient (Wildman–Crippen LogP) is 1.95. The molecule has 5 heteroatoms. The average Bonchev–Trinajstić information content (AvgIpc) is 2.30. The van der Waals surface area contributed by atoms with Crippen LogP contribution in [0.5, 0.6) is 0 Å². The van der Waals surface area contributed by atoms with E-state index in [9.17, 15) is 9.90 Å². The highest BCUT2D eigenvalue weighted by atomic mass is 16.5. The van der Waals surface area contributed by atoms with Gasteiger partial charge in [-0.15, -0.1) is 0 Å². The Labute approximate surface area is 107 Å². The Morgan fingerprint density at radius 1 is 1.56 bits per heavy atom. The quantitative estimate of drug-likeness (QED) is 0.838. The number of pyridine rings is 1. The van der Waals surface area contributed by atoms with Crippen LogP contribution in [0.4, 0.5) is 5.82 Å². The normalized spacial score (nSPS) is 12.2. The number of carboxylic acids is 1. The van der Waals surface area contributed by atoms with Crippen LogP contribution in [0, 0.1) is 6.92 Å². The third-order valence-electron chi connectivity index (χ3n) is 2.80. The highest BCUT2D eigenvalue weighted by Gasteiger charge is 2.20. The van der Waals surface area contributed by atoms with Crippen molar-refractivity contribution >= 4 is 11.8 Å². The standard InChI is InChI=1S/C13H20N2O3/c1-5-15(10(3)8-18-4)12-11(13(16)17)7-6-9(2)14-12/h6-7,10H,5,8H2,1-4H3,(H,16,17). The Morgan fingerprint density at radius 2 is 2.22 bits per heavy atom. The Bertz CT molecular complexity index is 421. The van der Waals surface area contributed by atoms with E-state index in [1.165, 1.54) is 0 Å². The van der Waals surface area contributed by atoms with E-state index in [-0.39, 0.29) is 11.6 Å². The highest BCUT2D eigenvalue weighted by molar-refractivity contribution is 5.93. The number of hydrogen-bond donors (Lipinski definition) is 1. The lowest BCUT2D eigenvalue weighted by atomic mass is 10.2. The third kappa shape index (κ3) is 3.20. The molecule has 1 aromatic heterocycles. The molecule has 5 nitrogen and oxygen atoms in total. The van der Waals surface area contributed by atoms with Gasteiger partial charge in [-0.25, -0.2) is 9.78 Å². The number of carboxylic acid groups (broad SMARTS) is 1. The molecule has 0 spiro atoms. The molecule has 100 valence electrons. The van der Waals surface area contributed by atoms with E-state index in [0.29, 0.717) is 19.0 Å². The molecule has 1 atom stereocenters. The summed E-state index contributed by atoms with van der Waals surface area (Å²) in [6, 6.07) is 3.39. The number of nitrogens with zero attached hydrogens (tertiary/aromatic N) is 2. The van der Waals surface area contributed by atoms with Gasteiger partial charge in [-0.05, 0) is 32.9 Å². The van der Waals surface area contributed by atoms with Gasteiger partial charge in [0.05, 0.1) is 12.6 Å². The molecule has 0 aromatic carbocycles. The number of carbonyl (C=O) groups is 1. The van der Waals surface area contributed by atoms with Gasteiger partial charge in [0.15, 0.2) is 0 Å². The zero-order valence-electron chi connectivity index (χ0n) is 11.3. The summed E-state index contributed by atoms with van der Waals surface area (Å²) in [6.45, 7) is 7.03. The van der Waals surface area contributed by atoms with Crippen molar-refractivity contribution in [3.63, 3.8) is 0 Å². The first-order valence-electron chi connectivity index (χ1n) is 5.97. The summed E-state index contributed by atoms with van der Waals surface area (Å²) in [6.07, 6.45) is 0. The number of aromatic carboxylic acids is 1. The zero-order valence-corrected chi connectivity index (χ0v) is 11.3. The number of ether oxygens (including phenoxy) is 1. The maximum atomic E-state index is 11.2. The topological polar surface area (TPSA) is 62.7 Å². The number of anilines is 1. The van der Waals surface area contributed by atoms with Gasteiger partial charge in [0.25, 0.3) is 0 Å². The summed E-state index contributed by atoms with van der Waals surface area (Å²) in [7, 11) is 1.63. The van der Waals surface area contributed by atoms with Gasteiger partial charge in [-0.3, -0.25) is 0 Å². The number of methoxy groups -OCH3 is 1. The van der Waals surface area contributed by atoms with Crippen molar-refractivity contribution in [3.8, 4) is 0 Å². The molecule has 0 amide bonds. The van der Waals surface area contributed by atoms with Gasteiger partial charge < -0.3 is 14.7 Å². The van der Waals surface area contributed by atoms with Crippen molar-refractivity contribution in [2.75, 3.05) is 25.2 Å². The van der Waals surface area contributed by atoms with Crippen molar-refractivity contribution in [1.29, 1.82) is 0 Å². The molecule has 0 radical (unpaired) electrons. The first kappa shape index (κ1) is 14.4. The lowest BCUT2D eigenvalue weighted by Gasteiger charge is -2.29. The average molecular weight is 252 g/mol. The Morgan fingerprint density at radius 3 is 2.72 bits per heavy atom. The maximum Gasteiger partial charge on any atom is 0.339 e. The minimum absolute atomic E-state index is 0.0763. The van der Waals surface area contributed by atoms with Gasteiger partial charge in [0.1, 0.15) is 11.4 Å². The summed E-state index contributed by atoms with van der Waals surface area (Å²) < 4.78 is 5.12. The van der Waals surface area contributed by atoms with E-state index in [1.807, 2.05) is 25.7 Å². The lowest BCUT2D eigenvalue weighted by Crippen LogP contribution is -2.37. The van der Waals surface area contributed by atoms with E-state index < -0.39 is 5.97 Å². The highest BCUT2D eigenvalue weighted by Crippen LogP contribution is 2.21. The molecule has 0 fully saturated rings. The molecule has 0 saturated heterocycles. The molecule has 1 aromatic rings. The fraction of sp³-hybridized carbons (Fsp3) is 0.538. The summed E-state index contributed by atoms with van der Waals surface area (Å²) in [5.74, 6) is -0.449. The van der Waals surface area contributed by atoms with Crippen molar-refractivity contribution in [3.05, 3.63) is 23.4 Å². The molecule has 18 heavy (non-hydrogen) atoms. The van der Waals surface area contributed by atoms with Gasteiger partial charge >= 0.3 is 5.97 Å². The van der Waals surface area contributed by atoms with Crippen LogP contribution in [0.25, 0.3) is 0 Å². The predicted molar refractivity (Wildman–Crippen MR) is 70.3 cm³/mol. The number of rotatable bonds is 6. The molecule has 1 unspecified atom stereocenters. The molecule has 1 heterocycles. The molecule has 0 bridgehead atoms. The van der Waals surface area contributed by atoms with Crippen LogP contribution < -0.4 is 4.90 Å². The van der Waals surface area contributed by atoms with Gasteiger partial charge in [0, 0.05) is 19.3 Å². The molecular weight excluding hydrogens is 232 g/mol. The van der Waals surface area contributed by atoms with Crippen LogP contribution in [-0.4, -0.2) is 42.4 Å². The Kier molecular flexibility index (Phi) is 5.09. The van der Waals surface area contributed by atoms with E-state index in [4.69, 9.17) is 4.74 Å². The SMILES string of the molecule is CCN(c1nc(C)ccc1C(=O)O)C(C)COC. The Balaban J connectivity index is 3.18. The van der Waals surface area contributed by atoms with Crippen molar-refractivity contribution in [2.45, 2.75) is 26.8 Å². The van der Waals surface area contributed by atoms with Crippen molar-refractivity contribution in [1.82, 2.24) is 4.98 Å². The smallest absolute Gasteiger partial charge is 0.339 e. The zero-order chi connectivity index (χ0) is 13.7. The van der Waals surface area contributed by atoms with E-state index >= 15 is 0 Å². The molecule has 0 saturated carbocycles. The minimum Gasteiger partial charge on any atom is -0.478 e. The van der Waals surface area contributed by atoms with Gasteiger partial charge in [-0.1, -0.05) is 0 Å². The van der Waals surface area contributed by atoms with Gasteiger partial charge in [0.2, 0.25) is 0 Å². The fourth-order valence-electron chi connectivity index (χ4n) is 1.93. The van der Waals surface area contributed by atoms with E-state index in [2.05, 4.69) is 4.98 Å². The lowest BCUT2D eigenvalue weighted by molar-refractivity contribution is 0.0697. The Hall–Kier alpha value is -1.62. The van der Waals surface area contributed by atoms with Crippen LogP contribution in [0.1, 0.15) is 29.9 Å². The first-order chi connectivity index (χ1) is 8.51. The van der Waals surface area contributed by atoms with Crippen LogP contribution in [0.2, 0.25) is 0 Å². The van der Waals surface area contributed by atoms with E-state index in [1.54, 1.807) is 19.2 Å². The monoisotopic (exact) mass is 252 g/mol. The minimum atomic E-state index is -0.958. The van der Waals surface area contributed by atoms with E-state index in [0.717, 1.165) is 5.69 Å². The number of hydrogen-bond acceptors (Lipinski definition) is 4.